The Balaban J connectivity index is 2.93. The molecule has 0 spiro atoms. The van der Waals surface area contributed by atoms with Gasteiger partial charge in [0.1, 0.15) is 0 Å². The maximum absolute atomic E-state index is 12.5. The zero-order valence-electron chi connectivity index (χ0n) is 10.4. The van der Waals surface area contributed by atoms with Crippen molar-refractivity contribution in [2.24, 2.45) is 0 Å². The minimum Gasteiger partial charge on any atom is -0.345 e. The van der Waals surface area contributed by atoms with E-state index in [1.165, 1.54) is 25.1 Å². The van der Waals surface area contributed by atoms with E-state index in [-0.39, 0.29) is 5.56 Å². The number of rotatable bonds is 3. The molecule has 102 valence electrons. The normalized spacial score (nSPS) is 11.6. The smallest absolute Gasteiger partial charge is 0.345 e. The largest absolute Gasteiger partial charge is 0.416 e. The first-order chi connectivity index (χ1) is 8.71. The molecule has 0 aliphatic heterocycles. The third-order valence-corrected chi connectivity index (χ3v) is 2.29. The lowest BCUT2D eigenvalue weighted by Gasteiger charge is -2.07. The lowest BCUT2D eigenvalue weighted by Crippen LogP contribution is -2.19. The van der Waals surface area contributed by atoms with Gasteiger partial charge in [0.15, 0.2) is 5.78 Å². The quantitative estimate of drug-likeness (QED) is 0.625. The number of carbonyl (C=O) groups excluding carboxylic acids is 2. The summed E-state index contributed by atoms with van der Waals surface area (Å²) in [5, 5.41) is 0. The van der Waals surface area contributed by atoms with Crippen molar-refractivity contribution >= 4 is 11.7 Å². The first kappa shape index (κ1) is 14.9. The molecule has 0 saturated heterocycles. The molecule has 1 aromatic rings. The van der Waals surface area contributed by atoms with E-state index in [9.17, 15) is 22.8 Å². The average molecular weight is 271 g/mol. The van der Waals surface area contributed by atoms with Crippen LogP contribution in [0.25, 0.3) is 0 Å². The highest BCUT2D eigenvalue weighted by Crippen LogP contribution is 2.29. The molecule has 0 heterocycles. The van der Waals surface area contributed by atoms with Crippen LogP contribution in [0, 0.1) is 0 Å². The van der Waals surface area contributed by atoms with Gasteiger partial charge in [-0.25, -0.2) is 0 Å². The van der Waals surface area contributed by atoms with E-state index in [4.69, 9.17) is 0 Å². The predicted octanol–water partition coefficient (Wildman–Crippen LogP) is 2.53. The molecule has 1 rings (SSSR count). The first-order valence-corrected chi connectivity index (χ1v) is 5.33. The van der Waals surface area contributed by atoms with Gasteiger partial charge < -0.3 is 4.90 Å². The first-order valence-electron chi connectivity index (χ1n) is 5.33. The summed E-state index contributed by atoms with van der Waals surface area (Å²) in [4.78, 5) is 24.1. The number of nitrogens with zero attached hydrogens (tertiary/aromatic N) is 1. The minimum atomic E-state index is -4.50. The zero-order chi connectivity index (χ0) is 14.6. The van der Waals surface area contributed by atoms with Gasteiger partial charge >= 0.3 is 6.18 Å². The molecule has 1 aromatic carbocycles. The Morgan fingerprint density at radius 3 is 2.32 bits per heavy atom. The van der Waals surface area contributed by atoms with Gasteiger partial charge in [-0.3, -0.25) is 9.59 Å². The maximum atomic E-state index is 12.5. The molecular weight excluding hydrogens is 259 g/mol. The topological polar surface area (TPSA) is 37.4 Å². The van der Waals surface area contributed by atoms with Crippen LogP contribution < -0.4 is 0 Å². The number of hydrogen-bond donors (Lipinski definition) is 0. The lowest BCUT2D eigenvalue weighted by molar-refractivity contribution is -0.137. The summed E-state index contributed by atoms with van der Waals surface area (Å²) in [6, 6.07) is 4.05. The number of likely N-dealkylation sites (N-methyl/N-ethyl adjacent to an activating group) is 1. The Hall–Kier alpha value is -2.11. The third-order valence-electron chi connectivity index (χ3n) is 2.29. The summed E-state index contributed by atoms with van der Waals surface area (Å²) in [6.07, 6.45) is -2.53. The number of halogens is 3. The molecule has 1 amide bonds. The molecule has 0 bridgehead atoms. The van der Waals surface area contributed by atoms with Gasteiger partial charge in [-0.15, -0.1) is 0 Å². The van der Waals surface area contributed by atoms with Crippen LogP contribution in [0.4, 0.5) is 13.2 Å². The molecule has 0 atom stereocenters. The fourth-order valence-corrected chi connectivity index (χ4v) is 1.24. The van der Waals surface area contributed by atoms with Crippen molar-refractivity contribution in [3.8, 4) is 0 Å². The molecular formula is C13H12F3NO2. The number of amides is 1. The number of ketones is 1. The Labute approximate surface area is 108 Å². The van der Waals surface area contributed by atoms with Gasteiger partial charge in [0.05, 0.1) is 5.56 Å². The molecule has 0 aliphatic carbocycles. The van der Waals surface area contributed by atoms with E-state index in [2.05, 4.69) is 0 Å². The average Bonchev–Trinajstić information content (AvgIpc) is 2.34. The molecule has 0 saturated carbocycles. The number of alkyl halides is 3. The minimum absolute atomic E-state index is 0.113. The predicted molar refractivity (Wildman–Crippen MR) is 63.6 cm³/mol. The highest BCUT2D eigenvalue weighted by molar-refractivity contribution is 6.07. The van der Waals surface area contributed by atoms with Crippen LogP contribution in [-0.4, -0.2) is 30.7 Å². The standard InChI is InChI=1S/C13H12F3NO2/c1-17(2)12(19)7-6-11(18)9-4-3-5-10(8-9)13(14,15)16/h3-8H,1-2H3/b7-6+. The van der Waals surface area contributed by atoms with Crippen molar-refractivity contribution in [1.82, 2.24) is 4.90 Å². The van der Waals surface area contributed by atoms with E-state index in [1.807, 2.05) is 0 Å². The summed E-state index contributed by atoms with van der Waals surface area (Å²) in [7, 11) is 3.00. The van der Waals surface area contributed by atoms with E-state index < -0.39 is 23.4 Å². The number of allylic oxidation sites excluding steroid dienone is 1. The second-order valence-corrected chi connectivity index (χ2v) is 4.01. The molecule has 0 aliphatic rings. The van der Waals surface area contributed by atoms with Crippen molar-refractivity contribution in [2.75, 3.05) is 14.1 Å². The van der Waals surface area contributed by atoms with Gasteiger partial charge in [0, 0.05) is 25.7 Å². The van der Waals surface area contributed by atoms with Gasteiger partial charge in [-0.2, -0.15) is 13.2 Å². The second-order valence-electron chi connectivity index (χ2n) is 4.01. The summed E-state index contributed by atoms with van der Waals surface area (Å²) < 4.78 is 37.4. The Morgan fingerprint density at radius 2 is 1.79 bits per heavy atom. The molecule has 0 aromatic heterocycles. The maximum Gasteiger partial charge on any atom is 0.416 e. The van der Waals surface area contributed by atoms with Crippen molar-refractivity contribution in [3.63, 3.8) is 0 Å². The summed E-state index contributed by atoms with van der Waals surface area (Å²) >= 11 is 0. The van der Waals surface area contributed by atoms with Crippen molar-refractivity contribution < 1.29 is 22.8 Å². The van der Waals surface area contributed by atoms with Crippen LogP contribution in [0.5, 0.6) is 0 Å². The van der Waals surface area contributed by atoms with Crippen LogP contribution in [0.1, 0.15) is 15.9 Å². The molecule has 0 fully saturated rings. The van der Waals surface area contributed by atoms with Crippen molar-refractivity contribution in [3.05, 3.63) is 47.5 Å². The summed E-state index contributed by atoms with van der Waals surface area (Å²) in [5.41, 5.74) is -1.01. The van der Waals surface area contributed by atoms with Crippen molar-refractivity contribution in [1.29, 1.82) is 0 Å². The van der Waals surface area contributed by atoms with Gasteiger partial charge in [0.25, 0.3) is 0 Å². The Morgan fingerprint density at radius 1 is 1.16 bits per heavy atom. The number of carbonyl (C=O) groups is 2. The molecule has 3 nitrogen and oxygen atoms in total. The Bertz CT molecular complexity index is 519. The SMILES string of the molecule is CN(C)C(=O)/C=C/C(=O)c1cccc(C(F)(F)F)c1. The number of hydrogen-bond acceptors (Lipinski definition) is 2. The lowest BCUT2D eigenvalue weighted by atomic mass is 10.1. The van der Waals surface area contributed by atoms with Crippen LogP contribution in [0.2, 0.25) is 0 Å². The molecule has 0 radical (unpaired) electrons. The molecule has 0 unspecified atom stereocenters. The number of benzene rings is 1. The van der Waals surface area contributed by atoms with Gasteiger partial charge in [-0.05, 0) is 18.2 Å². The van der Waals surface area contributed by atoms with Crippen molar-refractivity contribution in [2.45, 2.75) is 6.18 Å². The highest BCUT2D eigenvalue weighted by Gasteiger charge is 2.30. The summed E-state index contributed by atoms with van der Waals surface area (Å²) in [5.74, 6) is -1.07. The Kier molecular flexibility index (Phi) is 4.47. The van der Waals surface area contributed by atoms with Gasteiger partial charge in [-0.1, -0.05) is 12.1 Å². The monoisotopic (exact) mass is 271 g/mol. The molecule has 19 heavy (non-hydrogen) atoms. The van der Waals surface area contributed by atoms with E-state index in [1.54, 1.807) is 0 Å². The fourth-order valence-electron chi connectivity index (χ4n) is 1.24. The fraction of sp³-hybridized carbons (Fsp3) is 0.231. The summed E-state index contributed by atoms with van der Waals surface area (Å²) in [6.45, 7) is 0. The zero-order valence-corrected chi connectivity index (χ0v) is 10.4. The van der Waals surface area contributed by atoms with E-state index >= 15 is 0 Å². The highest BCUT2D eigenvalue weighted by atomic mass is 19.4. The van der Waals surface area contributed by atoms with E-state index in [0.717, 1.165) is 30.4 Å². The van der Waals surface area contributed by atoms with Crippen LogP contribution in [0.3, 0.4) is 0 Å². The molecule has 0 N–H and O–H groups in total. The second kappa shape index (κ2) is 5.69. The molecule has 6 heteroatoms. The van der Waals surface area contributed by atoms with Gasteiger partial charge in [0.2, 0.25) is 5.91 Å². The van der Waals surface area contributed by atoms with E-state index in [0.29, 0.717) is 0 Å². The van der Waals surface area contributed by atoms with Crippen LogP contribution in [0.15, 0.2) is 36.4 Å². The van der Waals surface area contributed by atoms with Crippen LogP contribution in [-0.2, 0) is 11.0 Å². The van der Waals surface area contributed by atoms with Crippen LogP contribution >= 0.6 is 0 Å². The third kappa shape index (κ3) is 4.24.